The van der Waals surface area contributed by atoms with E-state index in [0.717, 1.165) is 10.4 Å². The largest absolute Gasteiger partial charge is 0.481 e. The number of halogens is 1. The van der Waals surface area contributed by atoms with Crippen LogP contribution in [-0.4, -0.2) is 36.7 Å². The summed E-state index contributed by atoms with van der Waals surface area (Å²) in [7, 11) is 0. The summed E-state index contributed by atoms with van der Waals surface area (Å²) in [6.07, 6.45) is 1.39. The lowest BCUT2D eigenvalue weighted by Gasteiger charge is -2.27. The van der Waals surface area contributed by atoms with E-state index >= 15 is 0 Å². The van der Waals surface area contributed by atoms with E-state index in [9.17, 15) is 19.1 Å². The van der Waals surface area contributed by atoms with Gasteiger partial charge in [0.15, 0.2) is 0 Å². The first-order valence-electron chi connectivity index (χ1n) is 8.49. The minimum absolute atomic E-state index is 0.0136. The van der Waals surface area contributed by atoms with E-state index < -0.39 is 11.9 Å². The van der Waals surface area contributed by atoms with Gasteiger partial charge in [0.1, 0.15) is 5.82 Å². The summed E-state index contributed by atoms with van der Waals surface area (Å²) >= 11 is 1.29. The molecule has 2 aromatic rings. The SMILES string of the molecule is O=C(NCC(C(=O)O)C1CCOCC1)c1ccc(-c2ccc(F)cc2)s1. The van der Waals surface area contributed by atoms with E-state index in [2.05, 4.69) is 5.32 Å². The summed E-state index contributed by atoms with van der Waals surface area (Å²) in [6.45, 7) is 1.23. The molecule has 1 saturated heterocycles. The number of rotatable bonds is 6. The molecule has 3 rings (SSSR count). The summed E-state index contributed by atoms with van der Waals surface area (Å²) in [5, 5.41) is 12.2. The Morgan fingerprint density at radius 3 is 2.54 bits per heavy atom. The second-order valence-electron chi connectivity index (χ2n) is 6.28. The minimum atomic E-state index is -0.893. The molecule has 5 nitrogen and oxygen atoms in total. The van der Waals surface area contributed by atoms with Crippen LogP contribution in [0, 0.1) is 17.7 Å². The first kappa shape index (κ1) is 18.5. The van der Waals surface area contributed by atoms with Crippen molar-refractivity contribution in [2.45, 2.75) is 12.8 Å². The Morgan fingerprint density at radius 1 is 1.19 bits per heavy atom. The topological polar surface area (TPSA) is 75.6 Å². The van der Waals surface area contributed by atoms with Gasteiger partial charge < -0.3 is 15.2 Å². The van der Waals surface area contributed by atoms with E-state index in [1.54, 1.807) is 24.3 Å². The maximum Gasteiger partial charge on any atom is 0.308 e. The Balaban J connectivity index is 1.62. The van der Waals surface area contributed by atoms with Gasteiger partial charge in [-0.3, -0.25) is 9.59 Å². The highest BCUT2D eigenvalue weighted by molar-refractivity contribution is 7.17. The fraction of sp³-hybridized carbons (Fsp3) is 0.368. The predicted molar refractivity (Wildman–Crippen MR) is 96.7 cm³/mol. The number of amides is 1. The molecule has 0 spiro atoms. The van der Waals surface area contributed by atoms with Gasteiger partial charge in [-0.2, -0.15) is 0 Å². The molecule has 0 aliphatic carbocycles. The Bertz CT molecular complexity index is 768. The lowest BCUT2D eigenvalue weighted by molar-refractivity contribution is -0.144. The van der Waals surface area contributed by atoms with Crippen molar-refractivity contribution in [3.8, 4) is 10.4 Å². The van der Waals surface area contributed by atoms with Crippen molar-refractivity contribution >= 4 is 23.2 Å². The third-order valence-corrected chi connectivity index (χ3v) is 5.73. The Kier molecular flexibility index (Phi) is 6.00. The van der Waals surface area contributed by atoms with Gasteiger partial charge >= 0.3 is 5.97 Å². The molecule has 0 radical (unpaired) electrons. The number of ether oxygens (including phenoxy) is 1. The fourth-order valence-electron chi connectivity index (χ4n) is 3.09. The molecule has 26 heavy (non-hydrogen) atoms. The summed E-state index contributed by atoms with van der Waals surface area (Å²) in [5.74, 6) is -2.09. The van der Waals surface area contributed by atoms with Gasteiger partial charge in [0.25, 0.3) is 5.91 Å². The van der Waals surface area contributed by atoms with E-state index in [0.29, 0.717) is 30.9 Å². The molecule has 7 heteroatoms. The summed E-state index contributed by atoms with van der Waals surface area (Å²) in [4.78, 5) is 25.3. The predicted octanol–water partition coefficient (Wildman–Crippen LogP) is 3.41. The third-order valence-electron chi connectivity index (χ3n) is 4.59. The van der Waals surface area contributed by atoms with Crippen LogP contribution in [-0.2, 0) is 9.53 Å². The Labute approximate surface area is 154 Å². The summed E-state index contributed by atoms with van der Waals surface area (Å²) < 4.78 is 18.3. The standard InChI is InChI=1S/C19H20FNO4S/c20-14-3-1-13(2-4-14)16-5-6-17(26-16)18(22)21-11-15(19(23)24)12-7-9-25-10-8-12/h1-6,12,15H,7-11H2,(H,21,22)(H,23,24). The van der Waals surface area contributed by atoms with E-state index in [-0.39, 0.29) is 24.2 Å². The zero-order valence-electron chi connectivity index (χ0n) is 14.1. The lowest BCUT2D eigenvalue weighted by atomic mass is 9.86. The normalized spacial score (nSPS) is 16.2. The van der Waals surface area contributed by atoms with Crippen molar-refractivity contribution in [2.75, 3.05) is 19.8 Å². The van der Waals surface area contributed by atoms with Gasteiger partial charge in [0, 0.05) is 24.6 Å². The summed E-state index contributed by atoms with van der Waals surface area (Å²) in [6, 6.07) is 9.58. The quantitative estimate of drug-likeness (QED) is 0.809. The van der Waals surface area contributed by atoms with Gasteiger partial charge in [-0.05, 0) is 48.6 Å². The van der Waals surface area contributed by atoms with E-state index in [1.165, 1.54) is 23.5 Å². The van der Waals surface area contributed by atoms with Crippen LogP contribution >= 0.6 is 11.3 Å². The number of benzene rings is 1. The molecule has 0 bridgehead atoms. The minimum Gasteiger partial charge on any atom is -0.481 e. The van der Waals surface area contributed by atoms with Crippen LogP contribution in [0.5, 0.6) is 0 Å². The van der Waals surface area contributed by atoms with E-state index in [1.807, 2.05) is 0 Å². The number of nitrogens with one attached hydrogen (secondary N) is 1. The van der Waals surface area contributed by atoms with Crippen LogP contribution in [0.1, 0.15) is 22.5 Å². The zero-order chi connectivity index (χ0) is 18.5. The average molecular weight is 377 g/mol. The van der Waals surface area contributed by atoms with Gasteiger partial charge in [0.2, 0.25) is 0 Å². The zero-order valence-corrected chi connectivity index (χ0v) is 14.9. The molecule has 1 atom stereocenters. The van der Waals surface area contributed by atoms with Crippen LogP contribution < -0.4 is 5.32 Å². The molecule has 1 aliphatic rings. The maximum atomic E-state index is 13.0. The molecular weight excluding hydrogens is 357 g/mol. The van der Waals surface area contributed by atoms with Crippen LogP contribution in [0.4, 0.5) is 4.39 Å². The number of thiophene rings is 1. The van der Waals surface area contributed by atoms with Crippen LogP contribution in [0.15, 0.2) is 36.4 Å². The monoisotopic (exact) mass is 377 g/mol. The van der Waals surface area contributed by atoms with Gasteiger partial charge in [0.05, 0.1) is 10.8 Å². The van der Waals surface area contributed by atoms with Crippen LogP contribution in [0.25, 0.3) is 10.4 Å². The first-order valence-corrected chi connectivity index (χ1v) is 9.31. The third kappa shape index (κ3) is 4.47. The van der Waals surface area contributed by atoms with Crippen molar-refractivity contribution in [2.24, 2.45) is 11.8 Å². The molecule has 1 aliphatic heterocycles. The Hall–Kier alpha value is -2.25. The fourth-order valence-corrected chi connectivity index (χ4v) is 4.02. The molecule has 2 N–H and O–H groups in total. The second-order valence-corrected chi connectivity index (χ2v) is 7.36. The lowest BCUT2D eigenvalue weighted by Crippen LogP contribution is -2.38. The van der Waals surface area contributed by atoms with E-state index in [4.69, 9.17) is 4.74 Å². The molecule has 1 amide bonds. The van der Waals surface area contributed by atoms with Gasteiger partial charge in [-0.15, -0.1) is 11.3 Å². The molecule has 1 unspecified atom stereocenters. The molecule has 0 saturated carbocycles. The summed E-state index contributed by atoms with van der Waals surface area (Å²) in [5.41, 5.74) is 0.834. The number of carboxylic acids is 1. The molecule has 2 heterocycles. The molecule has 138 valence electrons. The smallest absolute Gasteiger partial charge is 0.308 e. The number of carboxylic acid groups (broad SMARTS) is 1. The van der Waals surface area contributed by atoms with Gasteiger partial charge in [-0.25, -0.2) is 4.39 Å². The maximum absolute atomic E-state index is 13.0. The van der Waals surface area contributed by atoms with Gasteiger partial charge in [-0.1, -0.05) is 12.1 Å². The Morgan fingerprint density at radius 2 is 1.88 bits per heavy atom. The molecule has 1 aromatic carbocycles. The average Bonchev–Trinajstić information content (AvgIpc) is 3.13. The highest BCUT2D eigenvalue weighted by Crippen LogP contribution is 2.28. The van der Waals surface area contributed by atoms with Crippen molar-refractivity contribution in [1.29, 1.82) is 0 Å². The molecule has 1 aromatic heterocycles. The second kappa shape index (κ2) is 8.42. The van der Waals surface area contributed by atoms with Crippen LogP contribution in [0.2, 0.25) is 0 Å². The highest BCUT2D eigenvalue weighted by Gasteiger charge is 2.30. The molecule has 1 fully saturated rings. The highest BCUT2D eigenvalue weighted by atomic mass is 32.1. The number of carbonyl (C=O) groups excluding carboxylic acids is 1. The molecular formula is C19H20FNO4S. The van der Waals surface area contributed by atoms with Crippen molar-refractivity contribution in [3.05, 3.63) is 47.1 Å². The number of carbonyl (C=O) groups is 2. The number of hydrogen-bond donors (Lipinski definition) is 2. The first-order chi connectivity index (χ1) is 12.5. The van der Waals surface area contributed by atoms with Crippen LogP contribution in [0.3, 0.4) is 0 Å². The van der Waals surface area contributed by atoms with Crippen molar-refractivity contribution in [3.63, 3.8) is 0 Å². The number of aliphatic carboxylic acids is 1. The van der Waals surface area contributed by atoms with Crippen molar-refractivity contribution in [1.82, 2.24) is 5.32 Å². The van der Waals surface area contributed by atoms with Crippen molar-refractivity contribution < 1.29 is 23.8 Å². The number of hydrogen-bond acceptors (Lipinski definition) is 4.